The van der Waals surface area contributed by atoms with Crippen molar-refractivity contribution in [3.05, 3.63) is 11.6 Å². The maximum atomic E-state index is 11.2. The average molecular weight is 212 g/mol. The lowest BCUT2D eigenvalue weighted by molar-refractivity contribution is -0.113. The summed E-state index contributed by atoms with van der Waals surface area (Å²) in [6.45, 7) is 6.16. The van der Waals surface area contributed by atoms with Gasteiger partial charge in [-0.2, -0.15) is 11.8 Å². The Morgan fingerprint density at radius 3 is 2.93 bits per heavy atom. The number of rotatable bonds is 4. The number of carbonyl (C=O) groups excluding carboxylic acids is 1. The van der Waals surface area contributed by atoms with Crippen LogP contribution in [-0.4, -0.2) is 16.8 Å². The summed E-state index contributed by atoms with van der Waals surface area (Å²) in [5, 5.41) is 0.588. The highest BCUT2D eigenvalue weighted by molar-refractivity contribution is 8.00. The molecule has 0 aromatic carbocycles. The molecule has 1 aliphatic rings. The van der Waals surface area contributed by atoms with Crippen molar-refractivity contribution in [2.75, 3.05) is 5.75 Å². The molecule has 14 heavy (non-hydrogen) atoms. The molecule has 0 amide bonds. The predicted molar refractivity (Wildman–Crippen MR) is 63.7 cm³/mol. The molecule has 0 radical (unpaired) electrons. The fourth-order valence-electron chi connectivity index (χ4n) is 1.63. The van der Waals surface area contributed by atoms with Crippen LogP contribution in [0.5, 0.6) is 0 Å². The number of hydrogen-bond acceptors (Lipinski definition) is 2. The van der Waals surface area contributed by atoms with E-state index < -0.39 is 0 Å². The minimum atomic E-state index is 0.264. The SMILES string of the molecule is CC(=O)C1=CC(SCC(C)C)CCC1. The highest BCUT2D eigenvalue weighted by Crippen LogP contribution is 2.28. The first-order valence-corrected chi connectivity index (χ1v) is 6.47. The molecule has 0 fully saturated rings. The fraction of sp³-hybridized carbons (Fsp3) is 0.750. The monoisotopic (exact) mass is 212 g/mol. The van der Waals surface area contributed by atoms with Crippen molar-refractivity contribution >= 4 is 17.5 Å². The summed E-state index contributed by atoms with van der Waals surface area (Å²) in [5.41, 5.74) is 1.05. The molecule has 0 saturated carbocycles. The molecule has 0 saturated heterocycles. The predicted octanol–water partition coefficient (Wildman–Crippen LogP) is 3.44. The van der Waals surface area contributed by atoms with Gasteiger partial charge in [0.2, 0.25) is 0 Å². The number of Topliss-reactive ketones (excluding diaryl/α,β-unsaturated/α-hetero) is 1. The number of hydrogen-bond donors (Lipinski definition) is 0. The molecule has 0 N–H and O–H groups in total. The van der Waals surface area contributed by atoms with E-state index >= 15 is 0 Å². The van der Waals surface area contributed by atoms with Gasteiger partial charge in [-0.25, -0.2) is 0 Å². The van der Waals surface area contributed by atoms with Crippen LogP contribution < -0.4 is 0 Å². The van der Waals surface area contributed by atoms with E-state index in [0.29, 0.717) is 5.25 Å². The fourth-order valence-corrected chi connectivity index (χ4v) is 2.85. The maximum absolute atomic E-state index is 11.2. The van der Waals surface area contributed by atoms with Crippen LogP contribution >= 0.6 is 11.8 Å². The quantitative estimate of drug-likeness (QED) is 0.710. The largest absolute Gasteiger partial charge is 0.295 e. The molecule has 0 aliphatic heterocycles. The van der Waals surface area contributed by atoms with E-state index in [0.717, 1.165) is 17.9 Å². The van der Waals surface area contributed by atoms with Gasteiger partial charge in [-0.1, -0.05) is 19.9 Å². The highest BCUT2D eigenvalue weighted by atomic mass is 32.2. The lowest BCUT2D eigenvalue weighted by Crippen LogP contribution is -2.12. The summed E-state index contributed by atoms with van der Waals surface area (Å²) in [6, 6.07) is 0. The zero-order valence-electron chi connectivity index (χ0n) is 9.38. The van der Waals surface area contributed by atoms with E-state index in [9.17, 15) is 4.79 Å². The van der Waals surface area contributed by atoms with Crippen molar-refractivity contribution in [1.29, 1.82) is 0 Å². The van der Waals surface area contributed by atoms with Crippen molar-refractivity contribution in [2.45, 2.75) is 45.3 Å². The van der Waals surface area contributed by atoms with E-state index in [4.69, 9.17) is 0 Å². The Kier molecular flexibility index (Phi) is 4.73. The molecule has 0 aromatic heterocycles. The summed E-state index contributed by atoms with van der Waals surface area (Å²) in [4.78, 5) is 11.2. The van der Waals surface area contributed by atoms with Crippen molar-refractivity contribution in [3.8, 4) is 0 Å². The van der Waals surface area contributed by atoms with Gasteiger partial charge in [0.05, 0.1) is 0 Å². The Balaban J connectivity index is 2.46. The second kappa shape index (κ2) is 5.59. The van der Waals surface area contributed by atoms with Crippen LogP contribution in [0.1, 0.15) is 40.0 Å². The first kappa shape index (κ1) is 11.8. The zero-order valence-corrected chi connectivity index (χ0v) is 10.2. The minimum absolute atomic E-state index is 0.264. The standard InChI is InChI=1S/C12H20OS/c1-9(2)8-14-12-6-4-5-11(7-12)10(3)13/h7,9,12H,4-6,8H2,1-3H3. The molecule has 0 aromatic rings. The third-order valence-electron chi connectivity index (χ3n) is 2.42. The van der Waals surface area contributed by atoms with Crippen LogP contribution in [-0.2, 0) is 4.79 Å². The highest BCUT2D eigenvalue weighted by Gasteiger charge is 2.16. The second-order valence-electron chi connectivity index (χ2n) is 4.41. The average Bonchev–Trinajstić information content (AvgIpc) is 2.15. The van der Waals surface area contributed by atoms with Crippen LogP contribution in [0.15, 0.2) is 11.6 Å². The molecule has 1 unspecified atom stereocenters. The molecule has 0 bridgehead atoms. The number of allylic oxidation sites excluding steroid dienone is 1. The van der Waals surface area contributed by atoms with Crippen molar-refractivity contribution in [1.82, 2.24) is 0 Å². The van der Waals surface area contributed by atoms with Gasteiger partial charge in [0.15, 0.2) is 5.78 Å². The van der Waals surface area contributed by atoms with Crippen LogP contribution in [0.2, 0.25) is 0 Å². The van der Waals surface area contributed by atoms with Crippen molar-refractivity contribution in [2.24, 2.45) is 5.92 Å². The van der Waals surface area contributed by atoms with E-state index in [2.05, 4.69) is 19.9 Å². The Hall–Kier alpha value is -0.240. The Morgan fingerprint density at radius 1 is 1.64 bits per heavy atom. The lowest BCUT2D eigenvalue weighted by Gasteiger charge is -2.20. The van der Waals surface area contributed by atoms with Crippen molar-refractivity contribution < 1.29 is 4.79 Å². The van der Waals surface area contributed by atoms with Crippen LogP contribution in [0, 0.1) is 5.92 Å². The summed E-state index contributed by atoms with van der Waals surface area (Å²) >= 11 is 2.00. The summed E-state index contributed by atoms with van der Waals surface area (Å²) in [5.74, 6) is 2.21. The Labute approximate surface area is 91.3 Å². The molecule has 1 atom stereocenters. The molecular weight excluding hydrogens is 192 g/mol. The molecule has 80 valence electrons. The first-order valence-electron chi connectivity index (χ1n) is 5.43. The third kappa shape index (κ3) is 3.87. The van der Waals surface area contributed by atoms with E-state index in [1.165, 1.54) is 18.6 Å². The van der Waals surface area contributed by atoms with E-state index in [-0.39, 0.29) is 5.78 Å². The molecular formula is C12H20OS. The lowest BCUT2D eigenvalue weighted by atomic mass is 9.97. The second-order valence-corrected chi connectivity index (χ2v) is 5.68. The van der Waals surface area contributed by atoms with Gasteiger partial charge in [0.1, 0.15) is 0 Å². The van der Waals surface area contributed by atoms with Crippen molar-refractivity contribution in [3.63, 3.8) is 0 Å². The third-order valence-corrected chi connectivity index (χ3v) is 4.08. The Morgan fingerprint density at radius 2 is 2.36 bits per heavy atom. The number of ketones is 1. The molecule has 1 nitrogen and oxygen atoms in total. The van der Waals surface area contributed by atoms with Crippen LogP contribution in [0.3, 0.4) is 0 Å². The number of carbonyl (C=O) groups is 1. The van der Waals surface area contributed by atoms with Gasteiger partial charge < -0.3 is 0 Å². The van der Waals surface area contributed by atoms with Gasteiger partial charge in [0, 0.05) is 5.25 Å². The molecule has 1 rings (SSSR count). The van der Waals surface area contributed by atoms with E-state index in [1.807, 2.05) is 11.8 Å². The van der Waals surface area contributed by atoms with Gasteiger partial charge >= 0.3 is 0 Å². The molecule has 1 aliphatic carbocycles. The van der Waals surface area contributed by atoms with E-state index in [1.54, 1.807) is 6.92 Å². The van der Waals surface area contributed by atoms with Gasteiger partial charge in [-0.05, 0) is 43.4 Å². The zero-order chi connectivity index (χ0) is 10.6. The molecule has 0 heterocycles. The molecule has 2 heteroatoms. The van der Waals surface area contributed by atoms with Gasteiger partial charge in [-0.15, -0.1) is 0 Å². The van der Waals surface area contributed by atoms with Crippen LogP contribution in [0.4, 0.5) is 0 Å². The molecule has 0 spiro atoms. The van der Waals surface area contributed by atoms with Gasteiger partial charge in [-0.3, -0.25) is 4.79 Å². The maximum Gasteiger partial charge on any atom is 0.155 e. The smallest absolute Gasteiger partial charge is 0.155 e. The Bertz CT molecular complexity index is 230. The normalized spacial score (nSPS) is 22.3. The number of thioether (sulfide) groups is 1. The first-order chi connectivity index (χ1) is 6.59. The summed E-state index contributed by atoms with van der Waals surface area (Å²) in [6.07, 6.45) is 5.61. The summed E-state index contributed by atoms with van der Waals surface area (Å²) in [7, 11) is 0. The topological polar surface area (TPSA) is 17.1 Å². The minimum Gasteiger partial charge on any atom is -0.295 e. The van der Waals surface area contributed by atoms with Gasteiger partial charge in [0.25, 0.3) is 0 Å². The van der Waals surface area contributed by atoms with Crippen LogP contribution in [0.25, 0.3) is 0 Å². The summed E-state index contributed by atoms with van der Waals surface area (Å²) < 4.78 is 0.